The number of benzene rings is 1. The molecule has 0 unspecified atom stereocenters. The second-order valence-electron chi connectivity index (χ2n) is 4.03. The Morgan fingerprint density at radius 2 is 2.10 bits per heavy atom. The van der Waals surface area contributed by atoms with E-state index in [0.29, 0.717) is 4.47 Å². The molecule has 0 saturated carbocycles. The van der Waals surface area contributed by atoms with Crippen LogP contribution in [0.25, 0.3) is 0 Å². The Hall–Kier alpha value is -2.03. The van der Waals surface area contributed by atoms with E-state index in [-0.39, 0.29) is 23.7 Å². The molecular weight excluding hydrogens is 357 g/mol. The zero-order chi connectivity index (χ0) is 15.6. The number of nitrogens with one attached hydrogen (secondary N) is 1. The molecule has 0 fully saturated rings. The lowest BCUT2D eigenvalue weighted by Crippen LogP contribution is -2.07. The van der Waals surface area contributed by atoms with Crippen LogP contribution < -0.4 is 5.32 Å². The van der Waals surface area contributed by atoms with Crippen LogP contribution in [0, 0.1) is 0 Å². The second-order valence-corrected chi connectivity index (χ2v) is 4.88. The zero-order valence-corrected chi connectivity index (χ0v) is 11.8. The molecule has 2 rings (SSSR count). The van der Waals surface area contributed by atoms with Crippen molar-refractivity contribution in [2.24, 2.45) is 0 Å². The maximum absolute atomic E-state index is 12.6. The third-order valence-corrected chi connectivity index (χ3v) is 3.22. The first kappa shape index (κ1) is 15.4. The molecule has 2 aromatic rings. The average Bonchev–Trinajstić information content (AvgIpc) is 2.85. The van der Waals surface area contributed by atoms with Gasteiger partial charge in [0.25, 0.3) is 0 Å². The second kappa shape index (κ2) is 5.76. The molecule has 1 aromatic carbocycles. The number of anilines is 1. The molecule has 0 radical (unpaired) electrons. The van der Waals surface area contributed by atoms with Crippen LogP contribution >= 0.6 is 15.9 Å². The Bertz CT molecular complexity index is 670. The standard InChI is InChI=1S/C12H8BrF3N2O3/c13-8-2-1-6(12(14,15)16)3-9(8)17-5-7-4-10(11(19)20)18-21-7/h1-4,17H,5H2,(H,19,20). The van der Waals surface area contributed by atoms with E-state index in [4.69, 9.17) is 9.63 Å². The van der Waals surface area contributed by atoms with Crippen molar-refractivity contribution in [1.29, 1.82) is 0 Å². The molecule has 9 heteroatoms. The summed E-state index contributed by atoms with van der Waals surface area (Å²) in [6.07, 6.45) is -4.44. The summed E-state index contributed by atoms with van der Waals surface area (Å²) < 4.78 is 43.0. The monoisotopic (exact) mass is 364 g/mol. The Kier molecular flexibility index (Phi) is 4.21. The summed E-state index contributed by atoms with van der Waals surface area (Å²) in [6, 6.07) is 4.36. The van der Waals surface area contributed by atoms with Gasteiger partial charge in [0.15, 0.2) is 11.5 Å². The smallest absolute Gasteiger partial charge is 0.416 e. The zero-order valence-electron chi connectivity index (χ0n) is 10.2. The molecule has 0 saturated heterocycles. The molecular formula is C12H8BrF3N2O3. The van der Waals surface area contributed by atoms with Gasteiger partial charge in [0.1, 0.15) is 0 Å². The van der Waals surface area contributed by atoms with E-state index >= 15 is 0 Å². The van der Waals surface area contributed by atoms with E-state index in [2.05, 4.69) is 26.4 Å². The molecule has 0 spiro atoms. The molecule has 0 bridgehead atoms. The predicted octanol–water partition coefficient (Wildman–Crippen LogP) is 3.77. The quantitative estimate of drug-likeness (QED) is 0.863. The highest BCUT2D eigenvalue weighted by Gasteiger charge is 2.30. The number of alkyl halides is 3. The first-order valence-electron chi connectivity index (χ1n) is 5.57. The average molecular weight is 365 g/mol. The lowest BCUT2D eigenvalue weighted by molar-refractivity contribution is -0.137. The Morgan fingerprint density at radius 1 is 1.38 bits per heavy atom. The molecule has 5 nitrogen and oxygen atoms in total. The van der Waals surface area contributed by atoms with Crippen LogP contribution in [0.2, 0.25) is 0 Å². The van der Waals surface area contributed by atoms with Gasteiger partial charge in [-0.2, -0.15) is 13.2 Å². The molecule has 2 N–H and O–H groups in total. The fourth-order valence-electron chi connectivity index (χ4n) is 1.52. The first-order valence-corrected chi connectivity index (χ1v) is 6.36. The van der Waals surface area contributed by atoms with Crippen LogP contribution in [-0.2, 0) is 12.7 Å². The molecule has 21 heavy (non-hydrogen) atoms. The van der Waals surface area contributed by atoms with Crippen LogP contribution in [0.1, 0.15) is 21.8 Å². The molecule has 0 amide bonds. The number of carboxylic acids is 1. The number of halogens is 4. The molecule has 0 atom stereocenters. The van der Waals surface area contributed by atoms with Crippen molar-refractivity contribution >= 4 is 27.6 Å². The SMILES string of the molecule is O=C(O)c1cc(CNc2cc(C(F)(F)F)ccc2Br)on1. The number of carbonyl (C=O) groups is 1. The third kappa shape index (κ3) is 3.75. The summed E-state index contributed by atoms with van der Waals surface area (Å²) >= 11 is 3.13. The number of hydrogen-bond acceptors (Lipinski definition) is 4. The van der Waals surface area contributed by atoms with Crippen molar-refractivity contribution in [3.05, 3.63) is 45.8 Å². The number of aromatic nitrogens is 1. The number of hydrogen-bond donors (Lipinski definition) is 2. The maximum Gasteiger partial charge on any atom is 0.416 e. The molecule has 0 aliphatic rings. The largest absolute Gasteiger partial charge is 0.476 e. The van der Waals surface area contributed by atoms with Gasteiger partial charge in [0.2, 0.25) is 0 Å². The van der Waals surface area contributed by atoms with Gasteiger partial charge in [-0.25, -0.2) is 4.79 Å². The summed E-state index contributed by atoms with van der Waals surface area (Å²) in [5.74, 6) is -1.05. The Balaban J connectivity index is 2.13. The van der Waals surface area contributed by atoms with Crippen molar-refractivity contribution in [3.8, 4) is 0 Å². The van der Waals surface area contributed by atoms with Gasteiger partial charge in [0, 0.05) is 16.2 Å². The fraction of sp³-hybridized carbons (Fsp3) is 0.167. The van der Waals surface area contributed by atoms with Crippen LogP contribution in [0.4, 0.5) is 18.9 Å². The van der Waals surface area contributed by atoms with E-state index in [1.807, 2.05) is 0 Å². The van der Waals surface area contributed by atoms with Crippen LogP contribution in [0.15, 0.2) is 33.3 Å². The van der Waals surface area contributed by atoms with Gasteiger partial charge >= 0.3 is 12.1 Å². The minimum atomic E-state index is -4.44. The predicted molar refractivity (Wildman–Crippen MR) is 69.9 cm³/mol. The maximum atomic E-state index is 12.6. The molecule has 0 aliphatic heterocycles. The van der Waals surface area contributed by atoms with Crippen molar-refractivity contribution in [3.63, 3.8) is 0 Å². The highest BCUT2D eigenvalue weighted by atomic mass is 79.9. The molecule has 0 aliphatic carbocycles. The number of aromatic carboxylic acids is 1. The molecule has 1 aromatic heterocycles. The van der Waals surface area contributed by atoms with Gasteiger partial charge in [-0.3, -0.25) is 0 Å². The Labute approximate surface area is 124 Å². The van der Waals surface area contributed by atoms with Crippen molar-refractivity contribution < 1.29 is 27.6 Å². The van der Waals surface area contributed by atoms with Gasteiger partial charge in [-0.1, -0.05) is 5.16 Å². The van der Waals surface area contributed by atoms with Gasteiger partial charge in [0.05, 0.1) is 12.1 Å². The summed E-state index contributed by atoms with van der Waals surface area (Å²) in [7, 11) is 0. The van der Waals surface area contributed by atoms with E-state index in [1.54, 1.807) is 0 Å². The van der Waals surface area contributed by atoms with Gasteiger partial charge in [-0.15, -0.1) is 0 Å². The Morgan fingerprint density at radius 3 is 2.67 bits per heavy atom. The molecule has 112 valence electrons. The topological polar surface area (TPSA) is 75.4 Å². The highest BCUT2D eigenvalue weighted by Crippen LogP contribution is 2.34. The van der Waals surface area contributed by atoms with Crippen molar-refractivity contribution in [1.82, 2.24) is 5.16 Å². The van der Waals surface area contributed by atoms with Crippen LogP contribution in [0.3, 0.4) is 0 Å². The minimum Gasteiger partial charge on any atom is -0.476 e. The van der Waals surface area contributed by atoms with Crippen LogP contribution in [0.5, 0.6) is 0 Å². The summed E-state index contributed by atoms with van der Waals surface area (Å²) in [5.41, 5.74) is -0.856. The lowest BCUT2D eigenvalue weighted by atomic mass is 10.2. The highest BCUT2D eigenvalue weighted by molar-refractivity contribution is 9.10. The van der Waals surface area contributed by atoms with E-state index < -0.39 is 17.7 Å². The molecule has 1 heterocycles. The van der Waals surface area contributed by atoms with Gasteiger partial charge < -0.3 is 14.9 Å². The van der Waals surface area contributed by atoms with E-state index in [1.165, 1.54) is 12.1 Å². The lowest BCUT2D eigenvalue weighted by Gasteiger charge is -2.11. The van der Waals surface area contributed by atoms with Gasteiger partial charge in [-0.05, 0) is 34.1 Å². The summed E-state index contributed by atoms with van der Waals surface area (Å²) in [6.45, 7) is 0.000189. The number of rotatable bonds is 4. The van der Waals surface area contributed by atoms with Crippen molar-refractivity contribution in [2.75, 3.05) is 5.32 Å². The summed E-state index contributed by atoms with van der Waals surface area (Å²) in [4.78, 5) is 10.6. The van der Waals surface area contributed by atoms with E-state index in [9.17, 15) is 18.0 Å². The summed E-state index contributed by atoms with van der Waals surface area (Å²) in [5, 5.41) is 14.7. The van der Waals surface area contributed by atoms with E-state index in [0.717, 1.165) is 12.1 Å². The number of nitrogens with zero attached hydrogens (tertiary/aromatic N) is 1. The normalized spacial score (nSPS) is 11.4. The number of carboxylic acid groups (broad SMARTS) is 1. The minimum absolute atomic E-state index is 0.000189. The third-order valence-electron chi connectivity index (χ3n) is 2.52. The first-order chi connectivity index (χ1) is 9.77. The van der Waals surface area contributed by atoms with Crippen molar-refractivity contribution in [2.45, 2.75) is 12.7 Å². The van der Waals surface area contributed by atoms with Crippen LogP contribution in [-0.4, -0.2) is 16.2 Å². The fourth-order valence-corrected chi connectivity index (χ4v) is 1.90.